The van der Waals surface area contributed by atoms with Crippen molar-refractivity contribution in [2.24, 2.45) is 17.1 Å². The lowest BCUT2D eigenvalue weighted by atomic mass is 9.75. The minimum atomic E-state index is 0.777. The molecule has 0 aromatic rings. The van der Waals surface area contributed by atoms with Gasteiger partial charge in [0.1, 0.15) is 0 Å². The minimum absolute atomic E-state index is 0.777. The molecule has 1 nitrogen and oxygen atoms in total. The molecule has 0 aromatic carbocycles. The molecule has 12 heavy (non-hydrogen) atoms. The normalized spacial score (nSPS) is 33.2. The standard InChI is InChI=1S/C11H21N/c12-9-5-10-4-3-8-11(10)6-1-2-7-11/h10H,1-9,12H2. The van der Waals surface area contributed by atoms with Crippen molar-refractivity contribution in [1.29, 1.82) is 0 Å². The average molecular weight is 167 g/mol. The Labute approximate surface area is 75.7 Å². The maximum absolute atomic E-state index is 5.66. The summed E-state index contributed by atoms with van der Waals surface area (Å²) in [6.45, 7) is 0.909. The minimum Gasteiger partial charge on any atom is -0.330 e. The Hall–Kier alpha value is -0.0400. The lowest BCUT2D eigenvalue weighted by molar-refractivity contribution is 0.199. The van der Waals surface area contributed by atoms with E-state index in [4.69, 9.17) is 5.73 Å². The van der Waals surface area contributed by atoms with Crippen molar-refractivity contribution in [2.45, 2.75) is 51.4 Å². The van der Waals surface area contributed by atoms with Crippen LogP contribution in [0.15, 0.2) is 0 Å². The van der Waals surface area contributed by atoms with E-state index in [1.165, 1.54) is 51.4 Å². The Morgan fingerprint density at radius 2 is 1.75 bits per heavy atom. The van der Waals surface area contributed by atoms with Gasteiger partial charge in [-0.05, 0) is 50.0 Å². The molecule has 0 amide bonds. The molecule has 1 heteroatoms. The molecule has 70 valence electrons. The smallest absolute Gasteiger partial charge is 0.00744 e. The third-order valence-corrected chi connectivity index (χ3v) is 4.21. The predicted molar refractivity (Wildman–Crippen MR) is 51.9 cm³/mol. The Morgan fingerprint density at radius 3 is 2.42 bits per heavy atom. The van der Waals surface area contributed by atoms with Gasteiger partial charge in [-0.25, -0.2) is 0 Å². The molecule has 1 atom stereocenters. The molecular weight excluding hydrogens is 146 g/mol. The summed E-state index contributed by atoms with van der Waals surface area (Å²) in [6.07, 6.45) is 11.7. The molecule has 2 N–H and O–H groups in total. The molecule has 0 heterocycles. The van der Waals surface area contributed by atoms with Crippen LogP contribution in [0.25, 0.3) is 0 Å². The van der Waals surface area contributed by atoms with E-state index >= 15 is 0 Å². The van der Waals surface area contributed by atoms with E-state index in [1.54, 1.807) is 0 Å². The van der Waals surface area contributed by atoms with Gasteiger partial charge in [0.25, 0.3) is 0 Å². The summed E-state index contributed by atoms with van der Waals surface area (Å²) in [7, 11) is 0. The van der Waals surface area contributed by atoms with Gasteiger partial charge in [-0.2, -0.15) is 0 Å². The molecular formula is C11H21N. The lowest BCUT2D eigenvalue weighted by Crippen LogP contribution is -2.23. The van der Waals surface area contributed by atoms with Gasteiger partial charge in [0.05, 0.1) is 0 Å². The number of hydrogen-bond acceptors (Lipinski definition) is 1. The van der Waals surface area contributed by atoms with Gasteiger partial charge in [0.2, 0.25) is 0 Å². The highest BCUT2D eigenvalue weighted by Gasteiger charge is 2.43. The molecule has 0 aromatic heterocycles. The number of nitrogens with two attached hydrogens (primary N) is 1. The van der Waals surface area contributed by atoms with Crippen molar-refractivity contribution in [2.75, 3.05) is 6.54 Å². The van der Waals surface area contributed by atoms with Gasteiger partial charge in [0.15, 0.2) is 0 Å². The van der Waals surface area contributed by atoms with Crippen LogP contribution in [0.3, 0.4) is 0 Å². The van der Waals surface area contributed by atoms with E-state index in [2.05, 4.69) is 0 Å². The van der Waals surface area contributed by atoms with E-state index in [-0.39, 0.29) is 0 Å². The number of rotatable bonds is 2. The van der Waals surface area contributed by atoms with E-state index in [0.717, 1.165) is 17.9 Å². The molecule has 0 saturated heterocycles. The second-order valence-electron chi connectivity index (χ2n) is 4.74. The lowest BCUT2D eigenvalue weighted by Gasteiger charge is -2.30. The first kappa shape index (κ1) is 8.55. The summed E-state index contributed by atoms with van der Waals surface area (Å²) in [5.74, 6) is 0.991. The zero-order valence-electron chi connectivity index (χ0n) is 8.02. The van der Waals surface area contributed by atoms with Crippen LogP contribution in [0.5, 0.6) is 0 Å². The Morgan fingerprint density at radius 1 is 1.08 bits per heavy atom. The summed E-state index contributed by atoms with van der Waals surface area (Å²) in [4.78, 5) is 0. The summed E-state index contributed by atoms with van der Waals surface area (Å²) in [5.41, 5.74) is 6.44. The number of hydrogen-bond donors (Lipinski definition) is 1. The van der Waals surface area contributed by atoms with E-state index < -0.39 is 0 Å². The zero-order valence-corrected chi connectivity index (χ0v) is 8.02. The van der Waals surface area contributed by atoms with Gasteiger partial charge in [0, 0.05) is 0 Å². The SMILES string of the molecule is NCCC1CCCC12CCCC2. The highest BCUT2D eigenvalue weighted by atomic mass is 14.6. The van der Waals surface area contributed by atoms with Crippen LogP contribution in [-0.2, 0) is 0 Å². The van der Waals surface area contributed by atoms with Crippen LogP contribution in [-0.4, -0.2) is 6.54 Å². The first-order valence-corrected chi connectivity index (χ1v) is 5.57. The van der Waals surface area contributed by atoms with Gasteiger partial charge in [-0.15, -0.1) is 0 Å². The molecule has 2 saturated carbocycles. The van der Waals surface area contributed by atoms with Crippen molar-refractivity contribution in [3.05, 3.63) is 0 Å². The van der Waals surface area contributed by atoms with Crippen molar-refractivity contribution < 1.29 is 0 Å². The van der Waals surface area contributed by atoms with E-state index in [1.807, 2.05) is 0 Å². The quantitative estimate of drug-likeness (QED) is 0.672. The van der Waals surface area contributed by atoms with Crippen LogP contribution < -0.4 is 5.73 Å². The van der Waals surface area contributed by atoms with E-state index in [0.29, 0.717) is 0 Å². The second-order valence-corrected chi connectivity index (χ2v) is 4.74. The summed E-state index contributed by atoms with van der Waals surface area (Å²) < 4.78 is 0. The molecule has 2 rings (SSSR count). The summed E-state index contributed by atoms with van der Waals surface area (Å²) in [6, 6.07) is 0. The van der Waals surface area contributed by atoms with Crippen LogP contribution in [0.4, 0.5) is 0 Å². The van der Waals surface area contributed by atoms with E-state index in [9.17, 15) is 0 Å². The maximum Gasteiger partial charge on any atom is -0.00744 e. The Kier molecular flexibility index (Phi) is 2.40. The first-order chi connectivity index (χ1) is 5.87. The fourth-order valence-electron chi connectivity index (χ4n) is 3.60. The highest BCUT2D eigenvalue weighted by Crippen LogP contribution is 2.55. The topological polar surface area (TPSA) is 26.0 Å². The van der Waals surface area contributed by atoms with Crippen molar-refractivity contribution >= 4 is 0 Å². The second kappa shape index (κ2) is 3.37. The summed E-state index contributed by atoms with van der Waals surface area (Å²) in [5, 5.41) is 0. The molecule has 0 aliphatic heterocycles. The fourth-order valence-corrected chi connectivity index (χ4v) is 3.60. The molecule has 0 radical (unpaired) electrons. The van der Waals surface area contributed by atoms with Crippen molar-refractivity contribution in [3.63, 3.8) is 0 Å². The largest absolute Gasteiger partial charge is 0.330 e. The fraction of sp³-hybridized carbons (Fsp3) is 1.00. The van der Waals surface area contributed by atoms with Gasteiger partial charge in [-0.1, -0.05) is 19.3 Å². The third-order valence-electron chi connectivity index (χ3n) is 4.21. The molecule has 1 unspecified atom stereocenters. The van der Waals surface area contributed by atoms with Crippen molar-refractivity contribution in [3.8, 4) is 0 Å². The maximum atomic E-state index is 5.66. The molecule has 2 fully saturated rings. The average Bonchev–Trinajstić information content (AvgIpc) is 2.66. The predicted octanol–water partition coefficient (Wildman–Crippen LogP) is 2.70. The highest BCUT2D eigenvalue weighted by molar-refractivity contribution is 4.94. The molecule has 2 aliphatic carbocycles. The van der Waals surface area contributed by atoms with Crippen LogP contribution in [0.1, 0.15) is 51.4 Å². The monoisotopic (exact) mass is 167 g/mol. The molecule has 0 bridgehead atoms. The van der Waals surface area contributed by atoms with Gasteiger partial charge >= 0.3 is 0 Å². The Bertz CT molecular complexity index is 142. The van der Waals surface area contributed by atoms with Crippen LogP contribution in [0, 0.1) is 11.3 Å². The van der Waals surface area contributed by atoms with Crippen LogP contribution in [0.2, 0.25) is 0 Å². The van der Waals surface area contributed by atoms with Crippen molar-refractivity contribution in [1.82, 2.24) is 0 Å². The molecule has 2 aliphatic rings. The van der Waals surface area contributed by atoms with Gasteiger partial charge in [-0.3, -0.25) is 0 Å². The Balaban J connectivity index is 2.01. The molecule has 1 spiro atoms. The zero-order chi connectivity index (χ0) is 8.44. The first-order valence-electron chi connectivity index (χ1n) is 5.57. The van der Waals surface area contributed by atoms with Gasteiger partial charge < -0.3 is 5.73 Å². The third kappa shape index (κ3) is 1.28. The van der Waals surface area contributed by atoms with Crippen LogP contribution >= 0.6 is 0 Å². The summed E-state index contributed by atoms with van der Waals surface area (Å²) >= 11 is 0.